The van der Waals surface area contributed by atoms with E-state index in [-0.39, 0.29) is 28.5 Å². The van der Waals surface area contributed by atoms with Gasteiger partial charge in [0.15, 0.2) is 10.9 Å². The van der Waals surface area contributed by atoms with E-state index in [1.165, 1.54) is 29.0 Å². The Morgan fingerprint density at radius 1 is 1.08 bits per heavy atom. The quantitative estimate of drug-likeness (QED) is 0.273. The lowest BCUT2D eigenvalue weighted by Crippen LogP contribution is -2.43. The van der Waals surface area contributed by atoms with Crippen molar-refractivity contribution in [1.82, 2.24) is 25.9 Å². The minimum absolute atomic E-state index is 0.00371. The molecule has 3 aromatic rings. The lowest BCUT2D eigenvalue weighted by atomic mass is 9.76. The number of carbonyl (C=O) groups is 2. The van der Waals surface area contributed by atoms with Crippen LogP contribution in [0.2, 0.25) is 5.02 Å². The lowest BCUT2D eigenvalue weighted by Gasteiger charge is -2.35. The number of likely N-dealkylation sites (tertiary alicyclic amines) is 1. The van der Waals surface area contributed by atoms with Gasteiger partial charge in [-0.2, -0.15) is 0 Å². The molecule has 2 heterocycles. The molecule has 4 N–H and O–H groups in total. The predicted molar refractivity (Wildman–Crippen MR) is 152 cm³/mol. The zero-order chi connectivity index (χ0) is 26.6. The SMILES string of the molecule is CN1CCC(NC(=O)c2cnc(NNC(=S)N[C@@H]3c4ccccc4CC[C@@H]3c3ccccc3)c(Cl)c2)C1=O. The summed E-state index contributed by atoms with van der Waals surface area (Å²) in [6.07, 6.45) is 4.01. The van der Waals surface area contributed by atoms with Gasteiger partial charge >= 0.3 is 0 Å². The van der Waals surface area contributed by atoms with Gasteiger partial charge in [-0.3, -0.25) is 20.4 Å². The van der Waals surface area contributed by atoms with E-state index in [0.29, 0.717) is 23.9 Å². The molecule has 1 aliphatic heterocycles. The number of nitrogens with zero attached hydrogens (tertiary/aromatic N) is 2. The van der Waals surface area contributed by atoms with Crippen LogP contribution in [0.5, 0.6) is 0 Å². The fourth-order valence-corrected chi connectivity index (χ4v) is 5.53. The maximum atomic E-state index is 12.6. The average molecular weight is 549 g/mol. The molecule has 1 aromatic heterocycles. The Labute approximate surface area is 232 Å². The van der Waals surface area contributed by atoms with Crippen LogP contribution in [0.3, 0.4) is 0 Å². The molecule has 3 atom stereocenters. The topological polar surface area (TPSA) is 98.4 Å². The molecule has 0 spiro atoms. The van der Waals surface area contributed by atoms with E-state index in [4.69, 9.17) is 23.8 Å². The zero-order valence-electron chi connectivity index (χ0n) is 20.9. The number of carbonyl (C=O) groups excluding carboxylic acids is 2. The fourth-order valence-electron chi connectivity index (χ4n) is 5.14. The fraction of sp³-hybridized carbons (Fsp3) is 0.286. The van der Waals surface area contributed by atoms with Gasteiger partial charge in [0.05, 0.1) is 16.6 Å². The van der Waals surface area contributed by atoms with Crippen LogP contribution in [0.25, 0.3) is 0 Å². The van der Waals surface area contributed by atoms with E-state index in [9.17, 15) is 9.59 Å². The number of aromatic nitrogens is 1. The standard InChI is InChI=1S/C28H29ClN6O2S/c1-35-14-13-23(27(35)37)31-26(36)19-15-22(29)25(30-16-19)33-34-28(38)32-24-20-10-6-5-9-18(20)11-12-21(24)17-7-3-2-4-8-17/h2-10,15-16,21,23-24H,11-14H2,1H3,(H,30,33)(H,31,36)(H2,32,34,38)/t21-,23?,24-/m1/s1. The Morgan fingerprint density at radius 3 is 2.58 bits per heavy atom. The molecule has 8 nitrogen and oxygen atoms in total. The molecule has 0 bridgehead atoms. The summed E-state index contributed by atoms with van der Waals surface area (Å²) in [7, 11) is 1.72. The molecule has 1 aliphatic carbocycles. The molecule has 0 radical (unpaired) electrons. The highest BCUT2D eigenvalue weighted by Gasteiger charge is 2.32. The van der Waals surface area contributed by atoms with E-state index < -0.39 is 11.9 Å². The van der Waals surface area contributed by atoms with Gasteiger partial charge in [0.2, 0.25) is 5.91 Å². The van der Waals surface area contributed by atoms with Crippen LogP contribution in [0.1, 0.15) is 51.8 Å². The number of benzene rings is 2. The molecule has 5 rings (SSSR count). The lowest BCUT2D eigenvalue weighted by molar-refractivity contribution is -0.128. The first-order chi connectivity index (χ1) is 18.4. The second-order valence-corrected chi connectivity index (χ2v) is 10.4. The molecule has 0 saturated carbocycles. The number of amides is 2. The van der Waals surface area contributed by atoms with Crippen LogP contribution in [0, 0.1) is 0 Å². The summed E-state index contributed by atoms with van der Waals surface area (Å²) in [4.78, 5) is 30.6. The zero-order valence-corrected chi connectivity index (χ0v) is 22.5. The van der Waals surface area contributed by atoms with Gasteiger partial charge in [0.1, 0.15) is 6.04 Å². The Balaban J connectivity index is 1.23. The van der Waals surface area contributed by atoms with E-state index in [2.05, 4.69) is 75.0 Å². The van der Waals surface area contributed by atoms with Crippen LogP contribution in [0.4, 0.5) is 5.82 Å². The van der Waals surface area contributed by atoms with Crippen molar-refractivity contribution in [3.05, 3.63) is 94.1 Å². The molecule has 196 valence electrons. The first kappa shape index (κ1) is 25.9. The van der Waals surface area contributed by atoms with E-state index >= 15 is 0 Å². The van der Waals surface area contributed by atoms with Gasteiger partial charge in [-0.25, -0.2) is 4.98 Å². The van der Waals surface area contributed by atoms with Gasteiger partial charge < -0.3 is 15.5 Å². The molecule has 1 saturated heterocycles. The molecule has 2 aromatic carbocycles. The van der Waals surface area contributed by atoms with Crippen molar-refractivity contribution in [2.24, 2.45) is 0 Å². The van der Waals surface area contributed by atoms with Crippen LogP contribution in [-0.2, 0) is 11.2 Å². The van der Waals surface area contributed by atoms with Gasteiger partial charge in [0.25, 0.3) is 5.91 Å². The maximum Gasteiger partial charge on any atom is 0.253 e. The number of hydrazine groups is 1. The normalized spacial score (nSPS) is 20.4. The van der Waals surface area contributed by atoms with Crippen LogP contribution < -0.4 is 21.5 Å². The summed E-state index contributed by atoms with van der Waals surface area (Å²) in [5, 5.41) is 6.87. The third-order valence-corrected chi connectivity index (χ3v) is 7.67. The minimum Gasteiger partial charge on any atom is -0.354 e. The summed E-state index contributed by atoms with van der Waals surface area (Å²) in [5.74, 6) is 0.0910. The van der Waals surface area contributed by atoms with Gasteiger partial charge in [-0.05, 0) is 54.2 Å². The number of thiocarbonyl (C=S) groups is 1. The van der Waals surface area contributed by atoms with Gasteiger partial charge in [-0.15, -0.1) is 0 Å². The summed E-state index contributed by atoms with van der Waals surface area (Å²) >= 11 is 12.0. The van der Waals surface area contributed by atoms with Crippen molar-refractivity contribution in [3.63, 3.8) is 0 Å². The molecule has 38 heavy (non-hydrogen) atoms. The van der Waals surface area contributed by atoms with Crippen LogP contribution in [-0.4, -0.2) is 46.4 Å². The number of rotatable bonds is 6. The Bertz CT molecular complexity index is 1350. The number of hydrogen-bond acceptors (Lipinski definition) is 5. The van der Waals surface area contributed by atoms with E-state index in [1.807, 2.05) is 6.07 Å². The molecular formula is C28H29ClN6O2S. The highest BCUT2D eigenvalue weighted by Crippen LogP contribution is 2.40. The number of anilines is 1. The minimum atomic E-state index is -0.529. The first-order valence-electron chi connectivity index (χ1n) is 12.6. The average Bonchev–Trinajstić information content (AvgIpc) is 3.25. The number of fused-ring (bicyclic) bond motifs is 1. The van der Waals surface area contributed by atoms with Crippen LogP contribution >= 0.6 is 23.8 Å². The molecule has 10 heteroatoms. The molecule has 2 aliphatic rings. The molecule has 1 unspecified atom stereocenters. The maximum absolute atomic E-state index is 12.6. The largest absolute Gasteiger partial charge is 0.354 e. The van der Waals surface area contributed by atoms with Gasteiger partial charge in [0, 0.05) is 25.7 Å². The Hall–Kier alpha value is -3.69. The van der Waals surface area contributed by atoms with Crippen molar-refractivity contribution in [2.75, 3.05) is 19.0 Å². The van der Waals surface area contributed by atoms with Crippen molar-refractivity contribution >= 4 is 46.6 Å². The summed E-state index contributed by atoms with van der Waals surface area (Å²) in [6, 6.07) is 19.9. The van der Waals surface area contributed by atoms with Crippen molar-refractivity contribution < 1.29 is 9.59 Å². The number of pyridine rings is 1. The third kappa shape index (κ3) is 5.58. The number of halogens is 1. The van der Waals surface area contributed by atoms with Crippen molar-refractivity contribution in [3.8, 4) is 0 Å². The monoisotopic (exact) mass is 548 g/mol. The van der Waals surface area contributed by atoms with Crippen molar-refractivity contribution in [1.29, 1.82) is 0 Å². The highest BCUT2D eigenvalue weighted by atomic mass is 35.5. The first-order valence-corrected chi connectivity index (χ1v) is 13.4. The highest BCUT2D eigenvalue weighted by molar-refractivity contribution is 7.80. The second kappa shape index (κ2) is 11.4. The van der Waals surface area contributed by atoms with Crippen LogP contribution in [0.15, 0.2) is 66.9 Å². The summed E-state index contributed by atoms with van der Waals surface area (Å²) < 4.78 is 0. The number of nitrogens with one attached hydrogen (secondary N) is 4. The molecular weight excluding hydrogens is 520 g/mol. The van der Waals surface area contributed by atoms with Crippen molar-refractivity contribution in [2.45, 2.75) is 37.3 Å². The Morgan fingerprint density at radius 2 is 1.84 bits per heavy atom. The smallest absolute Gasteiger partial charge is 0.253 e. The molecule has 2 amide bonds. The number of hydrogen-bond donors (Lipinski definition) is 4. The predicted octanol–water partition coefficient (Wildman–Crippen LogP) is 3.96. The third-order valence-electron chi connectivity index (χ3n) is 7.16. The number of aryl methyl sites for hydroxylation is 1. The van der Waals surface area contributed by atoms with Gasteiger partial charge in [-0.1, -0.05) is 66.2 Å². The van der Waals surface area contributed by atoms with E-state index in [1.54, 1.807) is 11.9 Å². The summed E-state index contributed by atoms with van der Waals surface area (Å²) in [6.45, 7) is 0.615. The van der Waals surface area contributed by atoms with E-state index in [0.717, 1.165) is 12.8 Å². The summed E-state index contributed by atoms with van der Waals surface area (Å²) in [5.41, 5.74) is 10.0. The number of likely N-dealkylation sites (N-methyl/N-ethyl adjacent to an activating group) is 1. The molecule has 1 fully saturated rings. The Kier molecular flexibility index (Phi) is 7.76. The second-order valence-electron chi connectivity index (χ2n) is 9.58.